The van der Waals surface area contributed by atoms with Crippen LogP contribution in [0.5, 0.6) is 5.75 Å². The summed E-state index contributed by atoms with van der Waals surface area (Å²) in [6, 6.07) is 8.44. The van der Waals surface area contributed by atoms with E-state index >= 15 is 0 Å². The van der Waals surface area contributed by atoms with Gasteiger partial charge in [-0.15, -0.1) is 0 Å². The van der Waals surface area contributed by atoms with Gasteiger partial charge in [0.1, 0.15) is 12.4 Å². The van der Waals surface area contributed by atoms with Crippen LogP contribution in [-0.4, -0.2) is 43.1 Å². The molecule has 1 aromatic rings. The molecule has 0 aliphatic carbocycles. The fraction of sp³-hybridized carbons (Fsp3) is 0.500. The Kier molecular flexibility index (Phi) is 6.94. The van der Waals surface area contributed by atoms with Crippen molar-refractivity contribution in [1.29, 1.82) is 0 Å². The third-order valence-electron chi connectivity index (χ3n) is 4.17. The molecule has 126 valence electrons. The predicted molar refractivity (Wildman–Crippen MR) is 95.7 cm³/mol. The van der Waals surface area contributed by atoms with Crippen molar-refractivity contribution in [3.63, 3.8) is 0 Å². The molecule has 5 heteroatoms. The first-order valence-corrected chi connectivity index (χ1v) is 8.34. The lowest BCUT2D eigenvalue weighted by Crippen LogP contribution is -2.42. The zero-order valence-electron chi connectivity index (χ0n) is 14.0. The van der Waals surface area contributed by atoms with Gasteiger partial charge < -0.3 is 15.8 Å². The number of likely N-dealkylation sites (tertiary alicyclic amines) is 1. The lowest BCUT2D eigenvalue weighted by molar-refractivity contribution is 0.267. The number of para-hydroxylation sites is 1. The second kappa shape index (κ2) is 9.20. The third kappa shape index (κ3) is 5.28. The van der Waals surface area contributed by atoms with Gasteiger partial charge in [0.05, 0.1) is 6.54 Å². The van der Waals surface area contributed by atoms with Crippen LogP contribution in [0.15, 0.2) is 41.9 Å². The second-order valence-corrected chi connectivity index (χ2v) is 5.71. The van der Waals surface area contributed by atoms with E-state index in [9.17, 15) is 0 Å². The fourth-order valence-corrected chi connectivity index (χ4v) is 2.92. The maximum atomic E-state index is 6.00. The highest BCUT2D eigenvalue weighted by Crippen LogP contribution is 2.19. The van der Waals surface area contributed by atoms with E-state index in [1.165, 1.54) is 19.4 Å². The number of nitrogens with one attached hydrogen (secondary N) is 1. The number of ether oxygens (including phenoxy) is 1. The molecule has 1 heterocycles. The van der Waals surface area contributed by atoms with E-state index in [1.807, 2.05) is 24.3 Å². The first-order chi connectivity index (χ1) is 11.2. The van der Waals surface area contributed by atoms with E-state index in [0.29, 0.717) is 25.2 Å². The molecule has 0 saturated carbocycles. The normalized spacial score (nSPS) is 18.8. The SMILES string of the molecule is C=CCOc1ccccc1CN=C(N)NCC1CCCN1CC. The maximum absolute atomic E-state index is 6.00. The largest absolute Gasteiger partial charge is 0.489 e. The molecule has 3 N–H and O–H groups in total. The maximum Gasteiger partial charge on any atom is 0.188 e. The lowest BCUT2D eigenvalue weighted by Gasteiger charge is -2.23. The van der Waals surface area contributed by atoms with Crippen molar-refractivity contribution >= 4 is 5.96 Å². The van der Waals surface area contributed by atoms with Gasteiger partial charge in [0.25, 0.3) is 0 Å². The molecule has 2 rings (SSSR count). The average molecular weight is 316 g/mol. The topological polar surface area (TPSA) is 62.9 Å². The zero-order chi connectivity index (χ0) is 16.5. The van der Waals surface area contributed by atoms with E-state index in [0.717, 1.165) is 24.4 Å². The predicted octanol–water partition coefficient (Wildman–Crippen LogP) is 2.14. The van der Waals surface area contributed by atoms with Crippen LogP contribution in [0.2, 0.25) is 0 Å². The van der Waals surface area contributed by atoms with Gasteiger partial charge in [-0.3, -0.25) is 4.90 Å². The van der Waals surface area contributed by atoms with Gasteiger partial charge in [-0.25, -0.2) is 4.99 Å². The Labute approximate surface area is 139 Å². The van der Waals surface area contributed by atoms with Crippen molar-refractivity contribution in [1.82, 2.24) is 10.2 Å². The second-order valence-electron chi connectivity index (χ2n) is 5.71. The highest BCUT2D eigenvalue weighted by atomic mass is 16.5. The summed E-state index contributed by atoms with van der Waals surface area (Å²) in [7, 11) is 0. The Balaban J connectivity index is 1.85. The summed E-state index contributed by atoms with van der Waals surface area (Å²) in [4.78, 5) is 6.92. The summed E-state index contributed by atoms with van der Waals surface area (Å²) in [6.45, 7) is 10.0. The number of hydrogen-bond acceptors (Lipinski definition) is 3. The van der Waals surface area contributed by atoms with E-state index in [4.69, 9.17) is 10.5 Å². The van der Waals surface area contributed by atoms with Crippen LogP contribution in [-0.2, 0) is 6.54 Å². The molecule has 1 fully saturated rings. The standard InChI is InChI=1S/C18H28N4O/c1-3-12-23-17-10-6-5-8-15(17)13-20-18(19)21-14-16-9-7-11-22(16)4-2/h3,5-6,8,10,16H,1,4,7,9,11-14H2,2H3,(H3,19,20,21). The Bertz CT molecular complexity index is 530. The fourth-order valence-electron chi connectivity index (χ4n) is 2.92. The summed E-state index contributed by atoms with van der Waals surface area (Å²) in [5, 5.41) is 3.25. The van der Waals surface area contributed by atoms with Crippen LogP contribution in [0.1, 0.15) is 25.3 Å². The molecular formula is C18H28N4O. The minimum absolute atomic E-state index is 0.489. The molecule has 1 atom stereocenters. The average Bonchev–Trinajstić information content (AvgIpc) is 3.04. The van der Waals surface area contributed by atoms with E-state index < -0.39 is 0 Å². The van der Waals surface area contributed by atoms with E-state index in [1.54, 1.807) is 6.08 Å². The molecule has 5 nitrogen and oxygen atoms in total. The van der Waals surface area contributed by atoms with Crippen LogP contribution >= 0.6 is 0 Å². The highest BCUT2D eigenvalue weighted by molar-refractivity contribution is 5.77. The van der Waals surface area contributed by atoms with Crippen molar-refractivity contribution in [2.45, 2.75) is 32.4 Å². The molecule has 0 radical (unpaired) electrons. The summed E-state index contributed by atoms with van der Waals surface area (Å²) >= 11 is 0. The number of benzene rings is 1. The van der Waals surface area contributed by atoms with E-state index in [2.05, 4.69) is 28.7 Å². The Morgan fingerprint density at radius 2 is 2.35 bits per heavy atom. The van der Waals surface area contributed by atoms with Gasteiger partial charge in [0.2, 0.25) is 0 Å². The molecular weight excluding hydrogens is 288 g/mol. The minimum atomic E-state index is 0.489. The van der Waals surface area contributed by atoms with Crippen LogP contribution in [0.3, 0.4) is 0 Å². The van der Waals surface area contributed by atoms with Crippen LogP contribution in [0.25, 0.3) is 0 Å². The first kappa shape index (κ1) is 17.3. The molecule has 0 aromatic heterocycles. The molecule has 1 aliphatic rings. The number of hydrogen-bond donors (Lipinski definition) is 2. The number of nitrogens with zero attached hydrogens (tertiary/aromatic N) is 2. The van der Waals surface area contributed by atoms with Crippen molar-refractivity contribution in [3.8, 4) is 5.75 Å². The minimum Gasteiger partial charge on any atom is -0.489 e. The molecule has 0 amide bonds. The van der Waals surface area contributed by atoms with Crippen molar-refractivity contribution < 1.29 is 4.74 Å². The van der Waals surface area contributed by atoms with Gasteiger partial charge in [-0.2, -0.15) is 0 Å². The smallest absolute Gasteiger partial charge is 0.188 e. The summed E-state index contributed by atoms with van der Waals surface area (Å²) < 4.78 is 5.63. The number of aliphatic imine (C=N–C) groups is 1. The molecule has 0 bridgehead atoms. The zero-order valence-corrected chi connectivity index (χ0v) is 14.0. The molecule has 0 spiro atoms. The summed E-state index contributed by atoms with van der Waals surface area (Å²) in [6.07, 6.45) is 4.23. The summed E-state index contributed by atoms with van der Waals surface area (Å²) in [5.74, 6) is 1.32. The molecule has 23 heavy (non-hydrogen) atoms. The van der Waals surface area contributed by atoms with Crippen LogP contribution in [0.4, 0.5) is 0 Å². The van der Waals surface area contributed by atoms with Gasteiger partial charge in [0, 0.05) is 18.2 Å². The Morgan fingerprint density at radius 1 is 1.52 bits per heavy atom. The molecule has 1 unspecified atom stereocenters. The van der Waals surface area contributed by atoms with Crippen molar-refractivity contribution in [3.05, 3.63) is 42.5 Å². The first-order valence-electron chi connectivity index (χ1n) is 8.34. The number of guanidine groups is 1. The Hall–Kier alpha value is -2.01. The highest BCUT2D eigenvalue weighted by Gasteiger charge is 2.22. The number of rotatable bonds is 8. The van der Waals surface area contributed by atoms with E-state index in [-0.39, 0.29) is 0 Å². The van der Waals surface area contributed by atoms with Gasteiger partial charge in [-0.05, 0) is 32.0 Å². The number of likely N-dealkylation sites (N-methyl/N-ethyl adjacent to an activating group) is 1. The van der Waals surface area contributed by atoms with Crippen LogP contribution < -0.4 is 15.8 Å². The molecule has 1 saturated heterocycles. The summed E-state index contributed by atoms with van der Waals surface area (Å²) in [5.41, 5.74) is 7.02. The Morgan fingerprint density at radius 3 is 3.13 bits per heavy atom. The van der Waals surface area contributed by atoms with Gasteiger partial charge in [-0.1, -0.05) is 37.8 Å². The lowest BCUT2D eigenvalue weighted by atomic mass is 10.2. The quantitative estimate of drug-likeness (QED) is 0.438. The van der Waals surface area contributed by atoms with Gasteiger partial charge >= 0.3 is 0 Å². The number of nitrogens with two attached hydrogens (primary N) is 1. The molecule has 1 aromatic carbocycles. The third-order valence-corrected chi connectivity index (χ3v) is 4.17. The monoisotopic (exact) mass is 316 g/mol. The van der Waals surface area contributed by atoms with Crippen molar-refractivity contribution in [2.24, 2.45) is 10.7 Å². The van der Waals surface area contributed by atoms with Gasteiger partial charge in [0.15, 0.2) is 5.96 Å². The molecule has 1 aliphatic heterocycles. The van der Waals surface area contributed by atoms with Crippen molar-refractivity contribution in [2.75, 3.05) is 26.2 Å². The van der Waals surface area contributed by atoms with Crippen LogP contribution in [0, 0.1) is 0 Å².